The van der Waals surface area contributed by atoms with Crippen LogP contribution in [0.4, 0.5) is 0 Å². The van der Waals surface area contributed by atoms with Crippen LogP contribution in [0.25, 0.3) is 0 Å². The van der Waals surface area contributed by atoms with Gasteiger partial charge in [-0.3, -0.25) is 4.79 Å². The highest BCUT2D eigenvalue weighted by atomic mass is 32.2. The molecule has 5 N–H and O–H groups in total. The maximum absolute atomic E-state index is 11.5. The van der Waals surface area contributed by atoms with Crippen molar-refractivity contribution in [2.75, 3.05) is 24.3 Å². The van der Waals surface area contributed by atoms with Crippen LogP contribution in [-0.4, -0.2) is 52.5 Å². The molecule has 0 bridgehead atoms. The van der Waals surface area contributed by atoms with Gasteiger partial charge in [-0.2, -0.15) is 11.8 Å². The molecule has 0 rings (SSSR count). The van der Waals surface area contributed by atoms with Gasteiger partial charge in [0.05, 0.1) is 18.3 Å². The van der Waals surface area contributed by atoms with Crippen molar-refractivity contribution in [3.05, 3.63) is 0 Å². The highest BCUT2D eigenvalue weighted by Gasteiger charge is 2.18. The molecule has 0 aromatic carbocycles. The molecule has 0 spiro atoms. The van der Waals surface area contributed by atoms with E-state index >= 15 is 0 Å². The number of oxime groups is 1. The van der Waals surface area contributed by atoms with Gasteiger partial charge in [0.1, 0.15) is 5.04 Å². The summed E-state index contributed by atoms with van der Waals surface area (Å²) in [4.78, 5) is 21.7. The second kappa shape index (κ2) is 11.9. The average molecular weight is 323 g/mol. The van der Waals surface area contributed by atoms with Crippen LogP contribution in [0.2, 0.25) is 0 Å². The maximum atomic E-state index is 11.5. The Bertz CT molecular complexity index is 340. The number of carbonyl (C=O) groups is 2. The smallest absolute Gasteiger partial charge is 0.279 e. The summed E-state index contributed by atoms with van der Waals surface area (Å²) in [5.74, 6) is -0.403. The van der Waals surface area contributed by atoms with E-state index < -0.39 is 24.5 Å². The molecular weight excluding hydrogens is 302 g/mol. The molecule has 0 saturated carbocycles. The highest BCUT2D eigenvalue weighted by Crippen LogP contribution is 2.12. The first-order valence-electron chi connectivity index (χ1n) is 6.14. The molecule has 0 aliphatic carbocycles. The summed E-state index contributed by atoms with van der Waals surface area (Å²) in [6.45, 7) is -0.523. The van der Waals surface area contributed by atoms with Gasteiger partial charge in [-0.05, 0) is 31.3 Å². The minimum absolute atomic E-state index is 0.334. The summed E-state index contributed by atoms with van der Waals surface area (Å²) >= 11 is 3.02. The molecule has 1 amide bonds. The van der Waals surface area contributed by atoms with Gasteiger partial charge < -0.3 is 26.2 Å². The van der Waals surface area contributed by atoms with E-state index in [0.717, 1.165) is 18.6 Å². The van der Waals surface area contributed by atoms with E-state index in [-0.39, 0.29) is 0 Å². The van der Waals surface area contributed by atoms with Crippen molar-refractivity contribution >= 4 is 40.4 Å². The van der Waals surface area contributed by atoms with Gasteiger partial charge in [0.2, 0.25) is 0 Å². The van der Waals surface area contributed by atoms with E-state index in [9.17, 15) is 14.7 Å². The molecule has 0 aromatic heterocycles. The van der Waals surface area contributed by atoms with Crippen LogP contribution in [0.1, 0.15) is 19.3 Å². The molecule has 116 valence electrons. The number of hydrogen-bond donors (Lipinski definition) is 3. The van der Waals surface area contributed by atoms with E-state index in [2.05, 4.69) is 16.2 Å². The molecule has 0 unspecified atom stereocenters. The summed E-state index contributed by atoms with van der Waals surface area (Å²) in [5, 5.41) is 25.0. The molecule has 7 nitrogen and oxygen atoms in total. The SMILES string of the molecule is CSCCCC/C(=N\O)SC[C@H]([NH3+])C(=O)NCC(=O)[O-]. The Hall–Kier alpha value is -0.930. The molecule has 0 saturated heterocycles. The Morgan fingerprint density at radius 1 is 1.45 bits per heavy atom. The second-order valence-electron chi connectivity index (χ2n) is 4.04. The fourth-order valence-corrected chi connectivity index (χ4v) is 2.63. The molecule has 0 aliphatic rings. The van der Waals surface area contributed by atoms with E-state index in [0.29, 0.717) is 17.2 Å². The normalized spacial score (nSPS) is 13.0. The van der Waals surface area contributed by atoms with Crippen LogP contribution < -0.4 is 16.2 Å². The Morgan fingerprint density at radius 2 is 2.15 bits per heavy atom. The Labute approximate surface area is 126 Å². The van der Waals surface area contributed by atoms with Crippen LogP contribution in [0.15, 0.2) is 5.16 Å². The van der Waals surface area contributed by atoms with Crippen LogP contribution >= 0.6 is 23.5 Å². The van der Waals surface area contributed by atoms with Gasteiger partial charge >= 0.3 is 0 Å². The molecule has 1 atom stereocenters. The van der Waals surface area contributed by atoms with E-state index in [1.807, 2.05) is 6.26 Å². The largest absolute Gasteiger partial charge is 0.548 e. The third-order valence-electron chi connectivity index (χ3n) is 2.33. The summed E-state index contributed by atoms with van der Waals surface area (Å²) in [5.41, 5.74) is 3.65. The average Bonchev–Trinajstić information content (AvgIpc) is 2.43. The maximum Gasteiger partial charge on any atom is 0.279 e. The summed E-state index contributed by atoms with van der Waals surface area (Å²) < 4.78 is 0. The number of hydrogen-bond acceptors (Lipinski definition) is 7. The standard InChI is InChI=1S/C11H21N3O4S2/c1-19-5-3-2-4-9(14-18)20-7-8(12)11(17)13-6-10(15)16/h8,18H,2-7,12H2,1H3,(H,13,17)(H,15,16)/b14-9+/t8-/m0/s1. The number of aliphatic carboxylic acids is 1. The lowest BCUT2D eigenvalue weighted by molar-refractivity contribution is -0.396. The predicted molar refractivity (Wildman–Crippen MR) is 78.6 cm³/mol. The number of carbonyl (C=O) groups excluding carboxylic acids is 2. The Balaban J connectivity index is 3.92. The number of amides is 1. The van der Waals surface area contributed by atoms with Gasteiger partial charge in [0.15, 0.2) is 6.04 Å². The third-order valence-corrected chi connectivity index (χ3v) is 4.21. The lowest BCUT2D eigenvalue weighted by atomic mass is 10.3. The molecule has 9 heteroatoms. The molecule has 0 fully saturated rings. The van der Waals surface area contributed by atoms with Crippen LogP contribution in [-0.2, 0) is 9.59 Å². The van der Waals surface area contributed by atoms with Crippen molar-refractivity contribution in [1.29, 1.82) is 0 Å². The number of unbranched alkanes of at least 4 members (excludes halogenated alkanes) is 1. The fourth-order valence-electron chi connectivity index (χ4n) is 1.25. The monoisotopic (exact) mass is 323 g/mol. The number of rotatable bonds is 10. The van der Waals surface area contributed by atoms with Crippen molar-refractivity contribution < 1.29 is 25.6 Å². The second-order valence-corrected chi connectivity index (χ2v) is 6.12. The van der Waals surface area contributed by atoms with Gasteiger partial charge in [-0.1, -0.05) is 5.16 Å². The first kappa shape index (κ1) is 19.1. The Kier molecular flexibility index (Phi) is 11.3. The summed E-state index contributed by atoms with van der Waals surface area (Å²) in [7, 11) is 0. The van der Waals surface area contributed by atoms with Gasteiger partial charge in [0, 0.05) is 0 Å². The van der Waals surface area contributed by atoms with E-state index in [1.165, 1.54) is 11.8 Å². The van der Waals surface area contributed by atoms with Crippen molar-refractivity contribution in [3.63, 3.8) is 0 Å². The van der Waals surface area contributed by atoms with E-state index in [1.54, 1.807) is 11.8 Å². The zero-order valence-corrected chi connectivity index (χ0v) is 13.1. The summed E-state index contributed by atoms with van der Waals surface area (Å²) in [6, 6.07) is -0.609. The number of thioether (sulfide) groups is 2. The van der Waals surface area contributed by atoms with Crippen LogP contribution in [0.5, 0.6) is 0 Å². The topological polar surface area (TPSA) is 129 Å². The third kappa shape index (κ3) is 9.93. The van der Waals surface area contributed by atoms with Gasteiger partial charge in [-0.15, -0.1) is 11.8 Å². The number of nitrogens with zero attached hydrogens (tertiary/aromatic N) is 1. The van der Waals surface area contributed by atoms with Crippen molar-refractivity contribution in [2.45, 2.75) is 25.3 Å². The van der Waals surface area contributed by atoms with Crippen LogP contribution in [0, 0.1) is 0 Å². The van der Waals surface area contributed by atoms with Gasteiger partial charge in [0.25, 0.3) is 5.91 Å². The minimum atomic E-state index is -1.34. The first-order chi connectivity index (χ1) is 9.51. The minimum Gasteiger partial charge on any atom is -0.548 e. The molecule has 0 heterocycles. The number of carboxylic acid groups (broad SMARTS) is 1. The fraction of sp³-hybridized carbons (Fsp3) is 0.727. The first-order valence-corrected chi connectivity index (χ1v) is 8.52. The van der Waals surface area contributed by atoms with E-state index in [4.69, 9.17) is 5.21 Å². The quantitative estimate of drug-likeness (QED) is 0.148. The molecule has 0 radical (unpaired) electrons. The van der Waals surface area contributed by atoms with Crippen molar-refractivity contribution in [2.24, 2.45) is 5.16 Å². The number of quaternary nitrogens is 1. The zero-order chi connectivity index (χ0) is 15.4. The van der Waals surface area contributed by atoms with Crippen molar-refractivity contribution in [3.8, 4) is 0 Å². The van der Waals surface area contributed by atoms with Crippen LogP contribution in [0.3, 0.4) is 0 Å². The lowest BCUT2D eigenvalue weighted by Crippen LogP contribution is -2.69. The lowest BCUT2D eigenvalue weighted by Gasteiger charge is -2.10. The highest BCUT2D eigenvalue weighted by molar-refractivity contribution is 8.14. The number of carboxylic acids is 1. The molecule has 20 heavy (non-hydrogen) atoms. The summed E-state index contributed by atoms with van der Waals surface area (Å²) in [6.07, 6.45) is 4.66. The zero-order valence-electron chi connectivity index (χ0n) is 11.5. The van der Waals surface area contributed by atoms with Gasteiger partial charge in [-0.25, -0.2) is 0 Å². The molecule has 0 aliphatic heterocycles. The number of nitrogens with one attached hydrogen (secondary N) is 1. The Morgan fingerprint density at radius 3 is 2.70 bits per heavy atom. The predicted octanol–water partition coefficient (Wildman–Crippen LogP) is -1.48. The molecular formula is C11H21N3O4S2. The molecule has 0 aromatic rings. The van der Waals surface area contributed by atoms with Crippen molar-refractivity contribution in [1.82, 2.24) is 5.32 Å².